The molecule has 3 atom stereocenters. The third-order valence-electron chi connectivity index (χ3n) is 6.58. The average molecular weight is 486 g/mol. The average Bonchev–Trinajstić information content (AvgIpc) is 3.37. The minimum atomic E-state index is -0.744. The Morgan fingerprint density at radius 2 is 1.69 bits per heavy atom. The number of carbonyl (C=O) groups excluding carboxylic acids is 4. The Morgan fingerprint density at radius 1 is 1.03 bits per heavy atom. The molecule has 3 rings (SSSR count). The quantitative estimate of drug-likeness (QED) is 0.587. The summed E-state index contributed by atoms with van der Waals surface area (Å²) in [5, 5.41) is 5.78. The summed E-state index contributed by atoms with van der Waals surface area (Å²) in [7, 11) is 3.85. The third-order valence-corrected chi connectivity index (χ3v) is 6.58. The number of likely N-dealkylation sites (tertiary alicyclic amines) is 2. The summed E-state index contributed by atoms with van der Waals surface area (Å²) >= 11 is 0. The maximum Gasteiger partial charge on any atom is 0.318 e. The number of anilines is 1. The molecule has 3 unspecified atom stereocenters. The molecule has 2 N–H and O–H groups in total. The van der Waals surface area contributed by atoms with E-state index < -0.39 is 12.1 Å². The molecule has 0 spiro atoms. The van der Waals surface area contributed by atoms with Crippen LogP contribution < -0.4 is 15.5 Å². The molecule has 2 aliphatic rings. The Bertz CT molecular complexity index is 944. The number of nitrogens with zero attached hydrogens (tertiary/aromatic N) is 3. The lowest BCUT2D eigenvalue weighted by atomic mass is 10.0. The molecule has 2 heterocycles. The highest BCUT2D eigenvalue weighted by Crippen LogP contribution is 2.30. The number of amides is 4. The van der Waals surface area contributed by atoms with Gasteiger partial charge in [0.15, 0.2) is 5.78 Å². The van der Waals surface area contributed by atoms with E-state index in [0.717, 1.165) is 5.69 Å². The first-order valence-corrected chi connectivity index (χ1v) is 12.5. The van der Waals surface area contributed by atoms with Crippen LogP contribution in [0.1, 0.15) is 50.9 Å². The minimum absolute atomic E-state index is 0.00245. The number of Topliss-reactive ketones (excluding diaryl/α,β-unsaturated/α-hetero) is 1. The summed E-state index contributed by atoms with van der Waals surface area (Å²) in [5.74, 6) is -0.250. The molecular formula is C26H39N5O4. The summed E-state index contributed by atoms with van der Waals surface area (Å²) in [6, 6.07) is 5.20. The van der Waals surface area contributed by atoms with Crippen LogP contribution in [0.25, 0.3) is 0 Å². The van der Waals surface area contributed by atoms with Gasteiger partial charge in [-0.15, -0.1) is 0 Å². The first-order chi connectivity index (χ1) is 16.5. The van der Waals surface area contributed by atoms with Gasteiger partial charge in [-0.1, -0.05) is 27.7 Å². The first kappa shape index (κ1) is 26.5. The number of ketones is 1. The normalized spacial score (nSPS) is 20.3. The molecule has 0 aliphatic carbocycles. The van der Waals surface area contributed by atoms with Gasteiger partial charge in [-0.25, -0.2) is 4.79 Å². The van der Waals surface area contributed by atoms with Gasteiger partial charge in [0.2, 0.25) is 5.91 Å². The van der Waals surface area contributed by atoms with E-state index in [4.69, 9.17) is 0 Å². The molecular weight excluding hydrogens is 446 g/mol. The molecule has 0 aromatic heterocycles. The molecule has 1 aromatic rings. The SMILES string of the molecule is CC(C)CNC(=O)N1CC(=O)C2C1CCN2C(=O)C(CC(C)C)NC(=O)c1ccc(N(C)C)cc1. The van der Waals surface area contributed by atoms with Crippen molar-refractivity contribution in [2.45, 2.75) is 58.7 Å². The second-order valence-corrected chi connectivity index (χ2v) is 10.6. The molecule has 4 amide bonds. The van der Waals surface area contributed by atoms with Gasteiger partial charge >= 0.3 is 6.03 Å². The van der Waals surface area contributed by atoms with Crippen molar-refractivity contribution in [2.75, 3.05) is 38.6 Å². The molecule has 0 bridgehead atoms. The Labute approximate surface area is 208 Å². The van der Waals surface area contributed by atoms with Crippen LogP contribution in [0.2, 0.25) is 0 Å². The number of rotatable bonds is 8. The van der Waals surface area contributed by atoms with Gasteiger partial charge in [0.05, 0.1) is 12.6 Å². The van der Waals surface area contributed by atoms with E-state index in [9.17, 15) is 19.2 Å². The molecule has 2 aliphatic heterocycles. The molecule has 35 heavy (non-hydrogen) atoms. The highest BCUT2D eigenvalue weighted by Gasteiger charge is 2.52. The maximum atomic E-state index is 13.6. The zero-order chi connectivity index (χ0) is 25.9. The Balaban J connectivity index is 1.72. The maximum absolute atomic E-state index is 13.6. The van der Waals surface area contributed by atoms with Gasteiger partial charge < -0.3 is 25.3 Å². The van der Waals surface area contributed by atoms with E-state index in [1.807, 2.05) is 58.8 Å². The molecule has 9 heteroatoms. The van der Waals surface area contributed by atoms with Crippen LogP contribution in [-0.4, -0.2) is 85.3 Å². The summed E-state index contributed by atoms with van der Waals surface area (Å²) < 4.78 is 0. The van der Waals surface area contributed by atoms with E-state index in [1.165, 1.54) is 0 Å². The standard InChI is InChI=1S/C26H39N5O4/c1-16(2)13-20(28-24(33)18-7-9-19(10-8-18)29(5)6)25(34)30-12-11-21-23(30)22(32)15-31(21)26(35)27-14-17(3)4/h7-10,16-17,20-21,23H,11-15H2,1-6H3,(H,27,35)(H,28,33). The lowest BCUT2D eigenvalue weighted by Gasteiger charge is -2.29. The highest BCUT2D eigenvalue weighted by molar-refractivity contribution is 6.00. The molecule has 1 aromatic carbocycles. The second kappa shape index (κ2) is 11.1. The summed E-state index contributed by atoms with van der Waals surface area (Å²) in [6.45, 7) is 8.92. The number of urea groups is 1. The predicted octanol–water partition coefficient (Wildman–Crippen LogP) is 2.12. The zero-order valence-corrected chi connectivity index (χ0v) is 21.7. The molecule has 9 nitrogen and oxygen atoms in total. The van der Waals surface area contributed by atoms with Crippen LogP contribution in [-0.2, 0) is 9.59 Å². The van der Waals surface area contributed by atoms with E-state index in [1.54, 1.807) is 21.9 Å². The van der Waals surface area contributed by atoms with Crippen LogP contribution in [0.15, 0.2) is 24.3 Å². The predicted molar refractivity (Wildman–Crippen MR) is 135 cm³/mol. The van der Waals surface area contributed by atoms with Gasteiger partial charge in [0, 0.05) is 38.4 Å². The number of benzene rings is 1. The fraction of sp³-hybridized carbons (Fsp3) is 0.615. The van der Waals surface area contributed by atoms with Crippen molar-refractivity contribution in [3.05, 3.63) is 29.8 Å². The van der Waals surface area contributed by atoms with Gasteiger partial charge in [0.25, 0.3) is 5.91 Å². The van der Waals surface area contributed by atoms with Crippen molar-refractivity contribution >= 4 is 29.3 Å². The van der Waals surface area contributed by atoms with Gasteiger partial charge in [-0.05, 0) is 48.9 Å². The number of hydrogen-bond donors (Lipinski definition) is 2. The van der Waals surface area contributed by atoms with Crippen molar-refractivity contribution in [1.82, 2.24) is 20.4 Å². The lowest BCUT2D eigenvalue weighted by Crippen LogP contribution is -2.53. The topological polar surface area (TPSA) is 102 Å². The Morgan fingerprint density at radius 3 is 2.26 bits per heavy atom. The summed E-state index contributed by atoms with van der Waals surface area (Å²) in [6.07, 6.45) is 1.01. The largest absolute Gasteiger partial charge is 0.378 e. The van der Waals surface area contributed by atoms with Crippen molar-refractivity contribution < 1.29 is 19.2 Å². The zero-order valence-electron chi connectivity index (χ0n) is 21.7. The Kier molecular flexibility index (Phi) is 8.40. The number of carbonyl (C=O) groups is 4. The van der Waals surface area contributed by atoms with E-state index >= 15 is 0 Å². The van der Waals surface area contributed by atoms with Gasteiger partial charge in [0.1, 0.15) is 12.1 Å². The highest BCUT2D eigenvalue weighted by atomic mass is 16.2. The van der Waals surface area contributed by atoms with Crippen LogP contribution in [0.5, 0.6) is 0 Å². The molecule has 2 fully saturated rings. The van der Waals surface area contributed by atoms with Gasteiger partial charge in [-0.2, -0.15) is 0 Å². The molecule has 0 radical (unpaired) electrons. The van der Waals surface area contributed by atoms with Crippen molar-refractivity contribution in [3.8, 4) is 0 Å². The summed E-state index contributed by atoms with van der Waals surface area (Å²) in [5.41, 5.74) is 1.45. The van der Waals surface area contributed by atoms with Crippen LogP contribution in [0.4, 0.5) is 10.5 Å². The number of nitrogens with one attached hydrogen (secondary N) is 2. The molecule has 2 saturated heterocycles. The first-order valence-electron chi connectivity index (χ1n) is 12.5. The minimum Gasteiger partial charge on any atom is -0.378 e. The van der Waals surface area contributed by atoms with E-state index in [0.29, 0.717) is 37.4 Å². The lowest BCUT2D eigenvalue weighted by molar-refractivity contribution is -0.138. The smallest absolute Gasteiger partial charge is 0.318 e. The van der Waals surface area contributed by atoms with Crippen LogP contribution >= 0.6 is 0 Å². The van der Waals surface area contributed by atoms with Crippen molar-refractivity contribution in [2.24, 2.45) is 11.8 Å². The third kappa shape index (κ3) is 6.13. The van der Waals surface area contributed by atoms with E-state index in [2.05, 4.69) is 10.6 Å². The Hall–Kier alpha value is -3.10. The number of hydrogen-bond acceptors (Lipinski definition) is 5. The van der Waals surface area contributed by atoms with Gasteiger partial charge in [-0.3, -0.25) is 14.4 Å². The monoisotopic (exact) mass is 485 g/mol. The fourth-order valence-electron chi connectivity index (χ4n) is 4.78. The van der Waals surface area contributed by atoms with E-state index in [-0.39, 0.29) is 42.1 Å². The van der Waals surface area contributed by atoms with Crippen LogP contribution in [0.3, 0.4) is 0 Å². The molecule has 192 valence electrons. The fourth-order valence-corrected chi connectivity index (χ4v) is 4.78. The number of fused-ring (bicyclic) bond motifs is 1. The molecule has 0 saturated carbocycles. The van der Waals surface area contributed by atoms with Crippen molar-refractivity contribution in [1.29, 1.82) is 0 Å². The van der Waals surface area contributed by atoms with Crippen LogP contribution in [0, 0.1) is 11.8 Å². The second-order valence-electron chi connectivity index (χ2n) is 10.6. The summed E-state index contributed by atoms with van der Waals surface area (Å²) in [4.78, 5) is 57.2. The van der Waals surface area contributed by atoms with Crippen molar-refractivity contribution in [3.63, 3.8) is 0 Å².